The van der Waals surface area contributed by atoms with E-state index in [0.717, 1.165) is 0 Å². The Morgan fingerprint density at radius 2 is 0.471 bits per heavy atom. The van der Waals surface area contributed by atoms with E-state index >= 15 is 35.1 Å². The maximum atomic E-state index is 15.4. The van der Waals surface area contributed by atoms with Crippen molar-refractivity contribution < 1.29 is 109 Å². The average Bonchev–Trinajstić information content (AvgIpc) is 4.02. The van der Waals surface area contributed by atoms with Crippen molar-refractivity contribution in [1.82, 2.24) is 0 Å². The fourth-order valence-corrected chi connectivity index (χ4v) is 13.8. The van der Waals surface area contributed by atoms with Crippen LogP contribution in [0.4, 0.5) is 87.8 Å². The highest BCUT2D eigenvalue weighted by atomic mass is 127. The first kappa shape index (κ1) is 52.0. The van der Waals surface area contributed by atoms with Gasteiger partial charge in [0.15, 0.2) is 69.8 Å². The zero-order valence-corrected chi connectivity index (χ0v) is 38.0. The number of hydrogen-bond acceptors (Lipinski definition) is 2. The van der Waals surface area contributed by atoms with Gasteiger partial charge in [-0.3, -0.25) is 0 Å². The minimum absolute atomic E-state index is 0.0893. The van der Waals surface area contributed by atoms with Gasteiger partial charge >= 0.3 is 21.2 Å². The molecule has 0 unspecified atom stereocenters. The minimum Gasteiger partial charge on any atom is -0.207 e. The molecule has 8 aromatic rings. The Labute approximate surface area is 398 Å². The lowest BCUT2D eigenvalue weighted by Gasteiger charge is -2.44. The molecule has 0 atom stereocenters. The summed E-state index contributed by atoms with van der Waals surface area (Å²) in [6.45, 7) is 4.27. The van der Waals surface area contributed by atoms with Gasteiger partial charge in [-0.15, -0.1) is 21.9 Å². The summed E-state index contributed by atoms with van der Waals surface area (Å²) >= 11 is 3.81. The van der Waals surface area contributed by atoms with Crippen molar-refractivity contribution in [1.29, 1.82) is 0 Å². The number of hydrogen-bond donors (Lipinski definition) is 0. The molecule has 6 aromatic carbocycles. The lowest BCUT2D eigenvalue weighted by Crippen LogP contribution is -3.61. The van der Waals surface area contributed by atoms with E-state index < -0.39 is 144 Å². The molecule has 70 heavy (non-hydrogen) atoms. The summed E-state index contributed by atoms with van der Waals surface area (Å²) < 4.78 is 297. The minimum atomic E-state index is -7.22. The van der Waals surface area contributed by atoms with Gasteiger partial charge in [-0.1, -0.05) is 82.3 Å². The first-order chi connectivity index (χ1) is 32.9. The molecule has 2 heterocycles. The molecule has 0 spiro atoms. The van der Waals surface area contributed by atoms with Crippen molar-refractivity contribution in [3.05, 3.63) is 206 Å². The third-order valence-electron chi connectivity index (χ3n) is 10.7. The summed E-state index contributed by atoms with van der Waals surface area (Å²) in [6, 6.07) is 26.9. The Bertz CT molecular complexity index is 2910. The molecule has 0 saturated heterocycles. The van der Waals surface area contributed by atoms with Crippen molar-refractivity contribution in [2.75, 3.05) is 0 Å². The molecule has 0 radical (unpaired) electrons. The fraction of sp³-hybridized carbons (Fsp3) is 0.0435. The quantitative estimate of drug-likeness (QED) is 0.0468. The number of rotatable bonds is 8. The molecule has 0 N–H and O–H groups in total. The summed E-state index contributed by atoms with van der Waals surface area (Å²) in [7, 11) is 0. The Kier molecular flexibility index (Phi) is 14.6. The van der Waals surface area contributed by atoms with E-state index in [0.29, 0.717) is 0 Å². The third kappa shape index (κ3) is 8.61. The second-order valence-electron chi connectivity index (χ2n) is 14.8. The van der Waals surface area contributed by atoms with Crippen LogP contribution in [-0.2, 0) is 0 Å². The number of benzene rings is 6. The number of halogens is 21. The van der Waals surface area contributed by atoms with Crippen LogP contribution in [0.3, 0.4) is 0 Å². The number of thiophene rings is 2. The van der Waals surface area contributed by atoms with E-state index in [9.17, 15) is 52.7 Å². The fourth-order valence-electron chi connectivity index (χ4n) is 7.44. The SMILES string of the molecule is Cc1ccc(-c2ccc([I+]c3ccc(-c4ccc(C)cc4)s3)s2)cc1.Fc1c(F)c(F)c([B-](c2c(F)c(F)c(F)c(F)c2F)(c2c(F)c(F)c(F)c(F)c2F)c2c(F)c(F)c(F)c(F)c2F)c(F)c1F. The summed E-state index contributed by atoms with van der Waals surface area (Å²) in [5, 5.41) is 0. The van der Waals surface area contributed by atoms with Gasteiger partial charge in [-0.25, -0.2) is 87.8 Å². The molecule has 0 aliphatic heterocycles. The molecule has 24 heteroatoms. The van der Waals surface area contributed by atoms with Gasteiger partial charge < -0.3 is 0 Å². The second-order valence-corrected chi connectivity index (χ2v) is 21.3. The van der Waals surface area contributed by atoms with Crippen molar-refractivity contribution in [3.8, 4) is 20.9 Å². The van der Waals surface area contributed by atoms with Crippen LogP contribution in [0, 0.1) is 136 Å². The topological polar surface area (TPSA) is 0 Å². The van der Waals surface area contributed by atoms with E-state index in [1.54, 1.807) is 0 Å². The van der Waals surface area contributed by atoms with Crippen LogP contribution in [0.25, 0.3) is 20.9 Å². The van der Waals surface area contributed by atoms with Crippen LogP contribution in [0.2, 0.25) is 0 Å². The van der Waals surface area contributed by atoms with Gasteiger partial charge in [0.05, 0.1) is 0 Å². The highest BCUT2D eigenvalue weighted by Crippen LogP contribution is 2.32. The van der Waals surface area contributed by atoms with Crippen LogP contribution < -0.4 is 43.1 Å². The largest absolute Gasteiger partial charge is 0.381 e. The predicted molar refractivity (Wildman–Crippen MR) is 216 cm³/mol. The van der Waals surface area contributed by atoms with Gasteiger partial charge in [0.25, 0.3) is 0 Å². The van der Waals surface area contributed by atoms with Crippen LogP contribution in [0.5, 0.6) is 0 Å². The van der Waals surface area contributed by atoms with E-state index in [2.05, 4.69) is 86.6 Å². The molecular formula is C46H18BF20IS2. The monoisotopic (exact) mass is 1150 g/mol. The van der Waals surface area contributed by atoms with Gasteiger partial charge in [-0.05, 0) is 37.1 Å². The Balaban J connectivity index is 0.000000242. The summed E-state index contributed by atoms with van der Waals surface area (Å²) in [5.41, 5.74) is -9.04. The number of aryl methyl sites for hydroxylation is 2. The van der Waals surface area contributed by atoms with E-state index in [1.807, 2.05) is 22.7 Å². The van der Waals surface area contributed by atoms with Crippen LogP contribution in [0.1, 0.15) is 11.1 Å². The van der Waals surface area contributed by atoms with Crippen LogP contribution >= 0.6 is 22.7 Å². The predicted octanol–water partition coefficient (Wildman–Crippen LogP) is 9.73. The van der Waals surface area contributed by atoms with E-state index in [-0.39, 0.29) is 21.2 Å². The zero-order chi connectivity index (χ0) is 51.6. The highest BCUT2D eigenvalue weighted by Gasteiger charge is 2.52. The summed E-state index contributed by atoms with van der Waals surface area (Å²) in [4.78, 5) is 2.76. The Hall–Kier alpha value is -5.89. The smallest absolute Gasteiger partial charge is 0.207 e. The first-order valence-electron chi connectivity index (χ1n) is 19.1. The molecule has 0 saturated carbocycles. The molecule has 2 aromatic heterocycles. The molecule has 0 amide bonds. The van der Waals surface area contributed by atoms with Gasteiger partial charge in [-0.2, -0.15) is 0 Å². The van der Waals surface area contributed by atoms with Crippen molar-refractivity contribution in [2.45, 2.75) is 13.8 Å². The van der Waals surface area contributed by atoms with Crippen molar-refractivity contribution in [3.63, 3.8) is 0 Å². The molecule has 0 bridgehead atoms. The highest BCUT2D eigenvalue weighted by molar-refractivity contribution is 7.20. The summed E-state index contributed by atoms with van der Waals surface area (Å²) in [5.74, 6) is -71.4. The normalized spacial score (nSPS) is 11.6. The maximum absolute atomic E-state index is 15.4. The first-order valence-corrected chi connectivity index (χ1v) is 22.9. The lowest BCUT2D eigenvalue weighted by molar-refractivity contribution is -0.585. The Morgan fingerprint density at radius 1 is 0.271 bits per heavy atom. The third-order valence-corrected chi connectivity index (χ3v) is 16.7. The van der Waals surface area contributed by atoms with E-state index in [1.165, 1.54) is 37.8 Å². The molecule has 0 aliphatic rings. The zero-order valence-electron chi connectivity index (χ0n) is 34.3. The van der Waals surface area contributed by atoms with Gasteiger partial charge in [0.1, 0.15) is 52.7 Å². The lowest BCUT2D eigenvalue weighted by atomic mass is 9.12. The summed E-state index contributed by atoms with van der Waals surface area (Å²) in [6.07, 6.45) is -7.22. The molecule has 0 aliphatic carbocycles. The van der Waals surface area contributed by atoms with E-state index in [4.69, 9.17) is 0 Å². The Morgan fingerprint density at radius 3 is 0.686 bits per heavy atom. The molecule has 8 rings (SSSR count). The van der Waals surface area contributed by atoms with Crippen molar-refractivity contribution in [2.24, 2.45) is 0 Å². The molecule has 0 nitrogen and oxygen atoms in total. The second kappa shape index (κ2) is 19.7. The molecule has 364 valence electrons. The van der Waals surface area contributed by atoms with Crippen LogP contribution in [0.15, 0.2) is 72.8 Å². The average molecular weight is 1150 g/mol. The maximum Gasteiger partial charge on any atom is 0.381 e. The van der Waals surface area contributed by atoms with Gasteiger partial charge in [0.2, 0.25) is 5.77 Å². The standard InChI is InChI=1S/C24BF20.C22H18IS2/c26-5-1(6(27)14(35)21(42)13(5)34)25(2-7(28)15(36)22(43)16(37)8(2)29,3-9(30)17(38)23(44)18(39)10(3)31)4-11(32)19(40)24(45)20(41)12(4)33;1-15-3-7-17(8-4-15)19-11-13-21(24-19)23-22-14-12-20(25-22)18-9-5-16(2)6-10-18/h;3-14H,1-2H3/q-1;+1. The van der Waals surface area contributed by atoms with Gasteiger partial charge in [0, 0.05) is 21.9 Å². The van der Waals surface area contributed by atoms with Crippen LogP contribution in [-0.4, -0.2) is 6.15 Å². The van der Waals surface area contributed by atoms with Crippen molar-refractivity contribution >= 4 is 50.7 Å². The molecule has 0 fully saturated rings. The molecular weight excluding hydrogens is 1130 g/mol.